The summed E-state index contributed by atoms with van der Waals surface area (Å²) < 4.78 is 6.86. The van der Waals surface area contributed by atoms with Crippen LogP contribution in [0.3, 0.4) is 0 Å². The van der Waals surface area contributed by atoms with E-state index in [4.69, 9.17) is 16.3 Å². The maximum absolute atomic E-state index is 12.5. The van der Waals surface area contributed by atoms with Gasteiger partial charge in [-0.1, -0.05) is 17.7 Å². The first-order valence-electron chi connectivity index (χ1n) is 8.02. The molecule has 0 saturated heterocycles. The molecule has 1 N–H and O–H groups in total. The van der Waals surface area contributed by atoms with Crippen molar-refractivity contribution >= 4 is 34.5 Å². The van der Waals surface area contributed by atoms with Crippen molar-refractivity contribution in [3.63, 3.8) is 0 Å². The van der Waals surface area contributed by atoms with Gasteiger partial charge in [-0.25, -0.2) is 0 Å². The Bertz CT molecular complexity index is 1110. The van der Waals surface area contributed by atoms with Crippen molar-refractivity contribution in [2.45, 2.75) is 6.54 Å². The van der Waals surface area contributed by atoms with Gasteiger partial charge in [0.15, 0.2) is 11.5 Å². The second-order valence-corrected chi connectivity index (χ2v) is 6.99. The summed E-state index contributed by atoms with van der Waals surface area (Å²) in [6.07, 6.45) is 0. The molecule has 0 aliphatic carbocycles. The Labute approximate surface area is 163 Å². The molecule has 0 bridgehead atoms. The van der Waals surface area contributed by atoms with Gasteiger partial charge in [0.2, 0.25) is 0 Å². The highest BCUT2D eigenvalue weighted by atomic mass is 35.5. The number of hydrogen-bond acceptors (Lipinski definition) is 6. The van der Waals surface area contributed by atoms with Gasteiger partial charge in [0.1, 0.15) is 11.4 Å². The summed E-state index contributed by atoms with van der Waals surface area (Å²) in [6, 6.07) is 12.6. The van der Waals surface area contributed by atoms with Gasteiger partial charge in [0.25, 0.3) is 5.91 Å². The van der Waals surface area contributed by atoms with Crippen molar-refractivity contribution in [1.29, 1.82) is 0 Å². The van der Waals surface area contributed by atoms with E-state index in [1.54, 1.807) is 34.1 Å². The van der Waals surface area contributed by atoms with E-state index in [2.05, 4.69) is 20.6 Å². The molecule has 4 rings (SSSR count). The number of nitrogens with zero attached hydrogens (tertiary/aromatic N) is 4. The first-order valence-corrected chi connectivity index (χ1v) is 9.28. The Morgan fingerprint density at radius 2 is 2.15 bits per heavy atom. The number of carbonyl (C=O) groups is 1. The molecule has 0 fully saturated rings. The van der Waals surface area contributed by atoms with Crippen LogP contribution in [0.25, 0.3) is 16.2 Å². The summed E-state index contributed by atoms with van der Waals surface area (Å²) in [7, 11) is 1.49. The largest absolute Gasteiger partial charge is 0.496 e. The first-order chi connectivity index (χ1) is 13.2. The quantitative estimate of drug-likeness (QED) is 0.556. The molecule has 7 nitrogen and oxygen atoms in total. The van der Waals surface area contributed by atoms with Crippen LogP contribution in [0.15, 0.2) is 47.8 Å². The molecule has 0 unspecified atom stereocenters. The molecule has 4 aromatic rings. The van der Waals surface area contributed by atoms with Crippen molar-refractivity contribution in [2.24, 2.45) is 0 Å². The van der Waals surface area contributed by atoms with Crippen LogP contribution in [0.1, 0.15) is 16.2 Å². The van der Waals surface area contributed by atoms with Gasteiger partial charge in [-0.3, -0.25) is 4.79 Å². The highest BCUT2D eigenvalue weighted by Crippen LogP contribution is 2.24. The van der Waals surface area contributed by atoms with Gasteiger partial charge in [0.05, 0.1) is 24.1 Å². The number of hydrogen-bond donors (Lipinski definition) is 1. The van der Waals surface area contributed by atoms with Crippen LogP contribution in [-0.4, -0.2) is 32.8 Å². The van der Waals surface area contributed by atoms with Gasteiger partial charge in [-0.15, -0.1) is 21.5 Å². The maximum Gasteiger partial charge on any atom is 0.255 e. The molecule has 0 spiro atoms. The summed E-state index contributed by atoms with van der Waals surface area (Å²) in [5.74, 6) is 0.642. The Hall–Kier alpha value is -2.97. The fourth-order valence-electron chi connectivity index (χ4n) is 2.61. The summed E-state index contributed by atoms with van der Waals surface area (Å²) >= 11 is 7.54. The molecule has 3 heterocycles. The van der Waals surface area contributed by atoms with E-state index < -0.39 is 0 Å². The van der Waals surface area contributed by atoms with E-state index in [9.17, 15) is 4.79 Å². The molecule has 9 heteroatoms. The second kappa shape index (κ2) is 7.34. The predicted molar refractivity (Wildman–Crippen MR) is 103 cm³/mol. The standard InChI is InChI=1S/C18H14ClN5O2S/c1-26-14-9-11(19)4-5-12(14)18(25)20-10-17-22-21-16-7-6-13(23-24(16)17)15-3-2-8-27-15/h2-9H,10H2,1H3,(H,20,25). The van der Waals surface area contributed by atoms with Gasteiger partial charge in [-0.05, 0) is 41.8 Å². The van der Waals surface area contributed by atoms with Crippen LogP contribution in [0.4, 0.5) is 0 Å². The van der Waals surface area contributed by atoms with Crippen molar-refractivity contribution in [2.75, 3.05) is 7.11 Å². The van der Waals surface area contributed by atoms with E-state index in [0.29, 0.717) is 27.8 Å². The lowest BCUT2D eigenvalue weighted by atomic mass is 10.2. The zero-order chi connectivity index (χ0) is 18.8. The number of halogens is 1. The van der Waals surface area contributed by atoms with Crippen LogP contribution in [-0.2, 0) is 6.54 Å². The molecule has 0 aliphatic heterocycles. The number of rotatable bonds is 5. The molecule has 1 aromatic carbocycles. The van der Waals surface area contributed by atoms with Crippen molar-refractivity contribution in [3.8, 4) is 16.3 Å². The molecule has 1 amide bonds. The van der Waals surface area contributed by atoms with Crippen LogP contribution in [0.2, 0.25) is 5.02 Å². The molecule has 3 aromatic heterocycles. The average molecular weight is 400 g/mol. The highest BCUT2D eigenvalue weighted by Gasteiger charge is 2.15. The highest BCUT2D eigenvalue weighted by molar-refractivity contribution is 7.13. The Kier molecular flexibility index (Phi) is 4.74. The van der Waals surface area contributed by atoms with Crippen LogP contribution < -0.4 is 10.1 Å². The normalized spacial score (nSPS) is 10.9. The number of fused-ring (bicyclic) bond motifs is 1. The third kappa shape index (κ3) is 3.49. The van der Waals surface area contributed by atoms with Crippen molar-refractivity contribution < 1.29 is 9.53 Å². The molecular weight excluding hydrogens is 386 g/mol. The third-order valence-electron chi connectivity index (χ3n) is 3.92. The average Bonchev–Trinajstić information content (AvgIpc) is 3.35. The van der Waals surface area contributed by atoms with Crippen molar-refractivity contribution in [3.05, 3.63) is 64.3 Å². The number of methoxy groups -OCH3 is 1. The minimum absolute atomic E-state index is 0.173. The summed E-state index contributed by atoms with van der Waals surface area (Å²) in [5, 5.41) is 18.1. The molecule has 27 heavy (non-hydrogen) atoms. The molecule has 0 radical (unpaired) electrons. The lowest BCUT2D eigenvalue weighted by molar-refractivity contribution is 0.0946. The number of ether oxygens (including phenoxy) is 1. The Morgan fingerprint density at radius 1 is 1.26 bits per heavy atom. The van der Waals surface area contributed by atoms with Crippen LogP contribution in [0.5, 0.6) is 5.75 Å². The number of thiophene rings is 1. The smallest absolute Gasteiger partial charge is 0.255 e. The van der Waals surface area contributed by atoms with Crippen LogP contribution >= 0.6 is 22.9 Å². The molecule has 136 valence electrons. The Morgan fingerprint density at radius 3 is 2.93 bits per heavy atom. The molecule has 0 aliphatic rings. The second-order valence-electron chi connectivity index (χ2n) is 5.61. The zero-order valence-corrected chi connectivity index (χ0v) is 15.8. The van der Waals surface area contributed by atoms with Gasteiger partial charge < -0.3 is 10.1 Å². The molecule has 0 atom stereocenters. The molecule has 0 saturated carbocycles. The fourth-order valence-corrected chi connectivity index (χ4v) is 3.46. The summed E-state index contributed by atoms with van der Waals surface area (Å²) in [5.41, 5.74) is 1.83. The number of nitrogens with one attached hydrogen (secondary N) is 1. The Balaban J connectivity index is 1.57. The fraction of sp³-hybridized carbons (Fsp3) is 0.111. The lowest BCUT2D eigenvalue weighted by Gasteiger charge is -2.09. The predicted octanol–water partition coefficient (Wildman–Crippen LogP) is 3.44. The number of carbonyl (C=O) groups excluding carboxylic acids is 1. The number of amides is 1. The first kappa shape index (κ1) is 17.4. The minimum atomic E-state index is -0.297. The number of aromatic nitrogens is 4. The SMILES string of the molecule is COc1cc(Cl)ccc1C(=O)NCc1nnc2ccc(-c3cccs3)nn12. The van der Waals surface area contributed by atoms with E-state index in [1.807, 2.05) is 29.6 Å². The van der Waals surface area contributed by atoms with E-state index >= 15 is 0 Å². The van der Waals surface area contributed by atoms with E-state index in [0.717, 1.165) is 10.6 Å². The van der Waals surface area contributed by atoms with Gasteiger partial charge >= 0.3 is 0 Å². The molecular formula is C18H14ClN5O2S. The third-order valence-corrected chi connectivity index (χ3v) is 5.04. The summed E-state index contributed by atoms with van der Waals surface area (Å²) in [6.45, 7) is 0.173. The van der Waals surface area contributed by atoms with E-state index in [1.165, 1.54) is 7.11 Å². The minimum Gasteiger partial charge on any atom is -0.496 e. The van der Waals surface area contributed by atoms with Crippen LogP contribution in [0, 0.1) is 0 Å². The number of benzene rings is 1. The van der Waals surface area contributed by atoms with Crippen molar-refractivity contribution in [1.82, 2.24) is 25.1 Å². The zero-order valence-electron chi connectivity index (χ0n) is 14.2. The lowest BCUT2D eigenvalue weighted by Crippen LogP contribution is -2.24. The summed E-state index contributed by atoms with van der Waals surface area (Å²) in [4.78, 5) is 13.6. The van der Waals surface area contributed by atoms with Gasteiger partial charge in [0, 0.05) is 5.02 Å². The topological polar surface area (TPSA) is 81.4 Å². The van der Waals surface area contributed by atoms with E-state index in [-0.39, 0.29) is 12.5 Å². The maximum atomic E-state index is 12.5. The monoisotopic (exact) mass is 399 g/mol. The van der Waals surface area contributed by atoms with Gasteiger partial charge in [-0.2, -0.15) is 9.61 Å².